The molecule has 1 heterocycles. The SMILES string of the molecule is CC(C)(C)CC1[Si]C2CCC1C2. The molecule has 2 bridgehead atoms. The van der Waals surface area contributed by atoms with Gasteiger partial charge in [-0.25, -0.2) is 0 Å². The number of fused-ring (bicyclic) bond motifs is 2. The molecule has 0 amide bonds. The lowest BCUT2D eigenvalue weighted by molar-refractivity contribution is 0.328. The minimum Gasteiger partial charge on any atom is -0.0602 e. The first kappa shape index (κ1) is 8.80. The van der Waals surface area contributed by atoms with Crippen LogP contribution in [0.2, 0.25) is 11.1 Å². The van der Waals surface area contributed by atoms with Crippen molar-refractivity contribution < 1.29 is 0 Å². The highest BCUT2D eigenvalue weighted by molar-refractivity contribution is 6.41. The zero-order valence-electron chi connectivity index (χ0n) is 8.56. The lowest BCUT2D eigenvalue weighted by atomic mass is 9.86. The van der Waals surface area contributed by atoms with E-state index in [4.69, 9.17) is 0 Å². The van der Waals surface area contributed by atoms with E-state index in [0.29, 0.717) is 5.41 Å². The molecule has 3 unspecified atom stereocenters. The van der Waals surface area contributed by atoms with E-state index >= 15 is 0 Å². The quantitative estimate of drug-likeness (QED) is 0.542. The van der Waals surface area contributed by atoms with Gasteiger partial charge in [0, 0.05) is 9.52 Å². The van der Waals surface area contributed by atoms with E-state index in [1.807, 2.05) is 0 Å². The Kier molecular flexibility index (Phi) is 2.10. The molecule has 3 atom stereocenters. The van der Waals surface area contributed by atoms with Crippen LogP contribution in [0.1, 0.15) is 46.5 Å². The highest BCUT2D eigenvalue weighted by atomic mass is 28.2. The Hall–Kier alpha value is 0.217. The first-order valence-electron chi connectivity index (χ1n) is 5.31. The van der Waals surface area contributed by atoms with Gasteiger partial charge in [0.1, 0.15) is 0 Å². The minimum absolute atomic E-state index is 0.572. The molecule has 1 aliphatic carbocycles. The molecule has 0 aromatic rings. The Morgan fingerprint density at radius 2 is 2.00 bits per heavy atom. The van der Waals surface area contributed by atoms with Gasteiger partial charge in [-0.2, -0.15) is 0 Å². The third-order valence-corrected chi connectivity index (χ3v) is 5.42. The maximum Gasteiger partial charge on any atom is 0.0451 e. The van der Waals surface area contributed by atoms with Gasteiger partial charge in [-0.1, -0.05) is 40.0 Å². The summed E-state index contributed by atoms with van der Waals surface area (Å²) in [6.07, 6.45) is 6.17. The summed E-state index contributed by atoms with van der Waals surface area (Å²) in [6.45, 7) is 7.18. The zero-order chi connectivity index (χ0) is 8.77. The summed E-state index contributed by atoms with van der Waals surface area (Å²) in [7, 11) is 1.31. The van der Waals surface area contributed by atoms with Crippen LogP contribution in [0.3, 0.4) is 0 Å². The van der Waals surface area contributed by atoms with Crippen molar-refractivity contribution in [1.82, 2.24) is 0 Å². The second-order valence-electron chi connectivity index (χ2n) is 5.81. The van der Waals surface area contributed by atoms with Gasteiger partial charge in [0.05, 0.1) is 0 Å². The van der Waals surface area contributed by atoms with E-state index in [0.717, 1.165) is 17.0 Å². The normalized spacial score (nSPS) is 40.8. The second kappa shape index (κ2) is 2.86. The number of rotatable bonds is 1. The molecule has 68 valence electrons. The Bertz CT molecular complexity index is 168. The summed E-state index contributed by atoms with van der Waals surface area (Å²) in [6, 6.07) is 0. The lowest BCUT2D eigenvalue weighted by Crippen LogP contribution is -2.18. The van der Waals surface area contributed by atoms with Crippen LogP contribution in [0.25, 0.3) is 0 Å². The summed E-state index contributed by atoms with van der Waals surface area (Å²) in [4.78, 5) is 0. The average molecular weight is 180 g/mol. The van der Waals surface area contributed by atoms with E-state index in [1.165, 1.54) is 15.9 Å². The van der Waals surface area contributed by atoms with Crippen LogP contribution in [-0.2, 0) is 0 Å². The molecule has 12 heavy (non-hydrogen) atoms. The van der Waals surface area contributed by atoms with Crippen LogP contribution in [-0.4, -0.2) is 9.52 Å². The van der Waals surface area contributed by atoms with Crippen LogP contribution < -0.4 is 0 Å². The monoisotopic (exact) mass is 180 g/mol. The Labute approximate surface area is 79.0 Å². The fourth-order valence-electron chi connectivity index (χ4n) is 2.86. The van der Waals surface area contributed by atoms with Crippen LogP contribution in [0.5, 0.6) is 0 Å². The van der Waals surface area contributed by atoms with Crippen molar-refractivity contribution in [3.05, 3.63) is 0 Å². The van der Waals surface area contributed by atoms with Gasteiger partial charge < -0.3 is 0 Å². The van der Waals surface area contributed by atoms with Crippen LogP contribution >= 0.6 is 0 Å². The topological polar surface area (TPSA) is 0 Å². The summed E-state index contributed by atoms with van der Waals surface area (Å²) in [5.74, 6) is 1.13. The molecule has 1 heteroatoms. The fraction of sp³-hybridized carbons (Fsp3) is 1.00. The van der Waals surface area contributed by atoms with E-state index in [9.17, 15) is 0 Å². The molecule has 0 spiro atoms. The van der Waals surface area contributed by atoms with E-state index in [2.05, 4.69) is 20.8 Å². The Morgan fingerprint density at radius 3 is 2.42 bits per heavy atom. The van der Waals surface area contributed by atoms with Crippen LogP contribution in [0.15, 0.2) is 0 Å². The first-order chi connectivity index (χ1) is 5.54. The van der Waals surface area contributed by atoms with Crippen molar-refractivity contribution in [3.63, 3.8) is 0 Å². The Balaban J connectivity index is 1.91. The molecule has 2 rings (SSSR count). The third-order valence-electron chi connectivity index (χ3n) is 3.32. The molecule has 0 N–H and O–H groups in total. The molecular formula is C11H20Si. The highest BCUT2D eigenvalue weighted by Gasteiger charge is 2.41. The van der Waals surface area contributed by atoms with Crippen LogP contribution in [0, 0.1) is 11.3 Å². The number of hydrogen-bond donors (Lipinski definition) is 0. The average Bonchev–Trinajstić information content (AvgIpc) is 2.42. The van der Waals surface area contributed by atoms with E-state index in [1.54, 1.807) is 19.3 Å². The summed E-state index contributed by atoms with van der Waals surface area (Å²) >= 11 is 0. The molecule has 1 saturated carbocycles. The molecule has 1 saturated heterocycles. The molecule has 2 radical (unpaired) electrons. The smallest absolute Gasteiger partial charge is 0.0451 e. The largest absolute Gasteiger partial charge is 0.0602 e. The lowest BCUT2D eigenvalue weighted by Gasteiger charge is -2.28. The maximum absolute atomic E-state index is 2.39. The molecule has 0 aromatic heterocycles. The Morgan fingerprint density at radius 1 is 1.25 bits per heavy atom. The molecule has 0 nitrogen and oxygen atoms in total. The van der Waals surface area contributed by atoms with Crippen molar-refractivity contribution >= 4 is 9.52 Å². The molecular weight excluding hydrogens is 160 g/mol. The van der Waals surface area contributed by atoms with Gasteiger partial charge in [0.15, 0.2) is 0 Å². The maximum atomic E-state index is 2.39. The summed E-state index contributed by atoms with van der Waals surface area (Å²) in [5.41, 5.74) is 2.84. The van der Waals surface area contributed by atoms with Gasteiger partial charge in [0.2, 0.25) is 0 Å². The zero-order valence-corrected chi connectivity index (χ0v) is 9.56. The van der Waals surface area contributed by atoms with Gasteiger partial charge >= 0.3 is 0 Å². The van der Waals surface area contributed by atoms with Gasteiger partial charge in [0.25, 0.3) is 0 Å². The summed E-state index contributed by atoms with van der Waals surface area (Å²) in [5, 5.41) is 0. The molecule has 2 aliphatic rings. The van der Waals surface area contributed by atoms with Crippen molar-refractivity contribution in [1.29, 1.82) is 0 Å². The highest BCUT2D eigenvalue weighted by Crippen LogP contribution is 2.53. The first-order valence-corrected chi connectivity index (χ1v) is 6.46. The fourth-order valence-corrected chi connectivity index (χ4v) is 5.54. The molecule has 0 aromatic carbocycles. The van der Waals surface area contributed by atoms with Crippen LogP contribution in [0.4, 0.5) is 0 Å². The molecule has 1 aliphatic heterocycles. The third kappa shape index (κ3) is 1.76. The van der Waals surface area contributed by atoms with Gasteiger partial charge in [-0.05, 0) is 28.8 Å². The van der Waals surface area contributed by atoms with Gasteiger partial charge in [-0.15, -0.1) is 0 Å². The second-order valence-corrected chi connectivity index (χ2v) is 7.70. The van der Waals surface area contributed by atoms with E-state index in [-0.39, 0.29) is 0 Å². The van der Waals surface area contributed by atoms with Crippen molar-refractivity contribution in [2.45, 2.75) is 57.5 Å². The minimum atomic E-state index is 0.572. The van der Waals surface area contributed by atoms with Gasteiger partial charge in [-0.3, -0.25) is 0 Å². The predicted molar refractivity (Wildman–Crippen MR) is 54.7 cm³/mol. The summed E-state index contributed by atoms with van der Waals surface area (Å²) < 4.78 is 0. The van der Waals surface area contributed by atoms with E-state index < -0.39 is 0 Å². The molecule has 2 fully saturated rings. The van der Waals surface area contributed by atoms with Crippen molar-refractivity contribution in [3.8, 4) is 0 Å². The standard InChI is InChI=1S/C11H20Si/c1-11(2,3)7-10-8-4-5-9(6-8)12-10/h8-10H,4-7H2,1-3H3. The predicted octanol–water partition coefficient (Wildman–Crippen LogP) is 3.52. The number of hydrogen-bond acceptors (Lipinski definition) is 0. The van der Waals surface area contributed by atoms with Crippen molar-refractivity contribution in [2.24, 2.45) is 11.3 Å². The van der Waals surface area contributed by atoms with Crippen molar-refractivity contribution in [2.75, 3.05) is 0 Å².